The van der Waals surface area contributed by atoms with Crippen molar-refractivity contribution in [2.75, 3.05) is 30.1 Å². The van der Waals surface area contributed by atoms with Crippen LogP contribution in [0.4, 0.5) is 5.69 Å². The number of sulfone groups is 1. The molecule has 1 amide bonds. The average Bonchev–Trinajstić information content (AvgIpc) is 3.63. The van der Waals surface area contributed by atoms with Gasteiger partial charge in [0.2, 0.25) is 11.8 Å². The molecular formula is C27H35N3O5S. The summed E-state index contributed by atoms with van der Waals surface area (Å²) < 4.78 is 35.2. The lowest BCUT2D eigenvalue weighted by Gasteiger charge is -2.53. The zero-order chi connectivity index (χ0) is 25.0. The SMILES string of the molecule is COc1cccc(N(CC23CCC(c4nc(C5CC5)no4)(CC2)CC3)C(=O)C2CCS(=O)(=O)CC2)c1. The van der Waals surface area contributed by atoms with Gasteiger partial charge in [-0.05, 0) is 81.8 Å². The highest BCUT2D eigenvalue weighted by atomic mass is 32.2. The molecule has 1 aromatic carbocycles. The maximum Gasteiger partial charge on any atom is 0.232 e. The van der Waals surface area contributed by atoms with Crippen molar-refractivity contribution >= 4 is 21.4 Å². The number of fused-ring (bicyclic) bond motifs is 3. The van der Waals surface area contributed by atoms with Gasteiger partial charge < -0.3 is 14.2 Å². The Morgan fingerprint density at radius 2 is 1.78 bits per heavy atom. The van der Waals surface area contributed by atoms with Gasteiger partial charge in [0, 0.05) is 35.5 Å². The second kappa shape index (κ2) is 8.85. The van der Waals surface area contributed by atoms with Crippen LogP contribution in [0.3, 0.4) is 0 Å². The van der Waals surface area contributed by atoms with Crippen LogP contribution in [0.1, 0.15) is 81.8 Å². The molecule has 0 unspecified atom stereocenters. The molecule has 5 aliphatic rings. The van der Waals surface area contributed by atoms with Crippen LogP contribution >= 0.6 is 0 Å². The largest absolute Gasteiger partial charge is 0.497 e. The predicted octanol–water partition coefficient (Wildman–Crippen LogP) is 4.41. The Hall–Kier alpha value is -2.42. The van der Waals surface area contributed by atoms with Gasteiger partial charge in [0.1, 0.15) is 15.6 Å². The van der Waals surface area contributed by atoms with Gasteiger partial charge in [-0.25, -0.2) is 8.42 Å². The number of hydrogen-bond donors (Lipinski definition) is 0. The fourth-order valence-electron chi connectivity index (χ4n) is 6.55. The summed E-state index contributed by atoms with van der Waals surface area (Å²) >= 11 is 0. The molecule has 194 valence electrons. The van der Waals surface area contributed by atoms with E-state index in [1.807, 2.05) is 29.2 Å². The van der Waals surface area contributed by atoms with Gasteiger partial charge in [-0.3, -0.25) is 4.79 Å². The molecule has 0 radical (unpaired) electrons. The summed E-state index contributed by atoms with van der Waals surface area (Å²) in [6.07, 6.45) is 9.18. The Labute approximate surface area is 212 Å². The predicted molar refractivity (Wildman–Crippen MR) is 135 cm³/mol. The van der Waals surface area contributed by atoms with Crippen LogP contribution in [0.5, 0.6) is 5.75 Å². The summed E-state index contributed by atoms with van der Waals surface area (Å²) in [5, 5.41) is 4.28. The third-order valence-electron chi connectivity index (χ3n) is 9.27. The third-order valence-corrected chi connectivity index (χ3v) is 11.0. The normalized spacial score (nSPS) is 29.7. The Balaban J connectivity index is 1.22. The first-order valence-electron chi connectivity index (χ1n) is 13.3. The number of anilines is 1. The van der Waals surface area contributed by atoms with Crippen molar-refractivity contribution in [3.63, 3.8) is 0 Å². The second-order valence-electron chi connectivity index (χ2n) is 11.6. The molecule has 36 heavy (non-hydrogen) atoms. The third kappa shape index (κ3) is 4.44. The van der Waals surface area contributed by atoms with Crippen molar-refractivity contribution in [3.05, 3.63) is 36.0 Å². The molecular weight excluding hydrogens is 478 g/mol. The molecule has 2 bridgehead atoms. The summed E-state index contributed by atoms with van der Waals surface area (Å²) in [5.41, 5.74) is 0.848. The minimum Gasteiger partial charge on any atom is -0.497 e. The van der Waals surface area contributed by atoms with Crippen molar-refractivity contribution in [2.24, 2.45) is 11.3 Å². The van der Waals surface area contributed by atoms with Crippen LogP contribution in [0.2, 0.25) is 0 Å². The van der Waals surface area contributed by atoms with Crippen molar-refractivity contribution in [3.8, 4) is 5.75 Å². The van der Waals surface area contributed by atoms with Crippen molar-refractivity contribution < 1.29 is 22.5 Å². The smallest absolute Gasteiger partial charge is 0.232 e. The summed E-state index contributed by atoms with van der Waals surface area (Å²) in [5.74, 6) is 2.87. The highest BCUT2D eigenvalue weighted by molar-refractivity contribution is 7.91. The van der Waals surface area contributed by atoms with E-state index in [0.29, 0.717) is 31.1 Å². The molecule has 5 fully saturated rings. The first-order valence-corrected chi connectivity index (χ1v) is 15.1. The zero-order valence-corrected chi connectivity index (χ0v) is 21.8. The Kier molecular flexibility index (Phi) is 5.89. The van der Waals surface area contributed by atoms with E-state index in [-0.39, 0.29) is 34.2 Å². The van der Waals surface area contributed by atoms with Gasteiger partial charge in [0.15, 0.2) is 5.82 Å². The minimum absolute atomic E-state index is 0.0234. The highest BCUT2D eigenvalue weighted by Gasteiger charge is 2.53. The fraction of sp³-hybridized carbons (Fsp3) is 0.667. The van der Waals surface area contributed by atoms with Crippen LogP contribution < -0.4 is 9.64 Å². The monoisotopic (exact) mass is 513 g/mol. The standard InChI is InChI=1S/C27H35N3O5S/c1-34-22-4-2-3-21(17-22)30(24(31)20-7-15-36(32,33)16-8-20)18-26-9-12-27(13-10-26,14-11-26)25-28-23(29-35-25)19-5-6-19/h2-4,17,19-20H,5-16,18H2,1H3. The number of carbonyl (C=O) groups is 1. The lowest BCUT2D eigenvalue weighted by molar-refractivity contribution is -0.123. The van der Waals surface area contributed by atoms with Gasteiger partial charge in [-0.2, -0.15) is 4.98 Å². The lowest BCUT2D eigenvalue weighted by atomic mass is 9.53. The summed E-state index contributed by atoms with van der Waals surface area (Å²) in [6, 6.07) is 7.68. The first kappa shape index (κ1) is 23.9. The number of rotatable bonds is 7. The first-order chi connectivity index (χ1) is 17.3. The highest BCUT2D eigenvalue weighted by Crippen LogP contribution is 2.58. The number of hydrogen-bond acceptors (Lipinski definition) is 7. The number of methoxy groups -OCH3 is 1. The lowest BCUT2D eigenvalue weighted by Crippen LogP contribution is -2.52. The molecule has 4 saturated carbocycles. The number of carbonyl (C=O) groups excluding carboxylic acids is 1. The Morgan fingerprint density at radius 1 is 1.08 bits per heavy atom. The van der Waals surface area contributed by atoms with Gasteiger partial charge in [0.25, 0.3) is 0 Å². The number of aromatic nitrogens is 2. The molecule has 4 aliphatic carbocycles. The fourth-order valence-corrected chi connectivity index (χ4v) is 8.04. The maximum atomic E-state index is 13.9. The maximum absolute atomic E-state index is 13.9. The molecule has 0 spiro atoms. The average molecular weight is 514 g/mol. The van der Waals surface area contributed by atoms with Crippen LogP contribution in [-0.4, -0.2) is 49.6 Å². The van der Waals surface area contributed by atoms with Gasteiger partial charge in [-0.1, -0.05) is 11.2 Å². The van der Waals surface area contributed by atoms with E-state index in [2.05, 4.69) is 5.16 Å². The van der Waals surface area contributed by atoms with E-state index in [0.717, 1.165) is 68.8 Å². The Bertz CT molecular complexity index is 1210. The van der Waals surface area contributed by atoms with E-state index in [1.165, 1.54) is 0 Å². The van der Waals surface area contributed by atoms with E-state index in [1.54, 1.807) is 7.11 Å². The van der Waals surface area contributed by atoms with Crippen molar-refractivity contribution in [2.45, 2.75) is 75.5 Å². The number of ether oxygens (including phenoxy) is 1. The second-order valence-corrected chi connectivity index (χ2v) is 13.9. The zero-order valence-electron chi connectivity index (χ0n) is 20.9. The molecule has 2 heterocycles. The van der Waals surface area contributed by atoms with Gasteiger partial charge in [0.05, 0.1) is 18.6 Å². The van der Waals surface area contributed by atoms with E-state index in [4.69, 9.17) is 14.2 Å². The summed E-state index contributed by atoms with van der Waals surface area (Å²) in [7, 11) is -1.40. The number of benzene rings is 1. The molecule has 8 nitrogen and oxygen atoms in total. The molecule has 7 rings (SSSR count). The van der Waals surface area contributed by atoms with Crippen LogP contribution in [0.15, 0.2) is 28.8 Å². The molecule has 1 aliphatic heterocycles. The summed E-state index contributed by atoms with van der Waals surface area (Å²) in [6.45, 7) is 0.648. The topological polar surface area (TPSA) is 103 Å². The molecule has 2 aromatic rings. The van der Waals surface area contributed by atoms with Gasteiger partial charge in [-0.15, -0.1) is 0 Å². The van der Waals surface area contributed by atoms with Crippen molar-refractivity contribution in [1.29, 1.82) is 0 Å². The molecule has 0 N–H and O–H groups in total. The molecule has 1 saturated heterocycles. The summed E-state index contributed by atoms with van der Waals surface area (Å²) in [4.78, 5) is 20.6. The quantitative estimate of drug-likeness (QED) is 0.540. The minimum atomic E-state index is -3.03. The number of amides is 1. The van der Waals surface area contributed by atoms with Crippen LogP contribution in [0, 0.1) is 11.3 Å². The number of nitrogens with zero attached hydrogens (tertiary/aromatic N) is 3. The van der Waals surface area contributed by atoms with Crippen molar-refractivity contribution in [1.82, 2.24) is 10.1 Å². The molecule has 1 aromatic heterocycles. The van der Waals surface area contributed by atoms with Crippen LogP contribution in [0.25, 0.3) is 0 Å². The molecule has 0 atom stereocenters. The Morgan fingerprint density at radius 3 is 2.42 bits per heavy atom. The molecule has 9 heteroatoms. The van der Waals surface area contributed by atoms with E-state index < -0.39 is 9.84 Å². The van der Waals surface area contributed by atoms with E-state index in [9.17, 15) is 13.2 Å². The van der Waals surface area contributed by atoms with E-state index >= 15 is 0 Å². The van der Waals surface area contributed by atoms with Crippen LogP contribution in [-0.2, 0) is 20.0 Å². The van der Waals surface area contributed by atoms with Gasteiger partial charge >= 0.3 is 0 Å².